The van der Waals surface area contributed by atoms with Gasteiger partial charge in [0.15, 0.2) is 0 Å². The summed E-state index contributed by atoms with van der Waals surface area (Å²) < 4.78 is 10.9. The van der Waals surface area contributed by atoms with E-state index in [9.17, 15) is 0 Å². The minimum absolute atomic E-state index is 0.230. The van der Waals surface area contributed by atoms with Crippen LogP contribution in [0.5, 0.6) is 0 Å². The highest BCUT2D eigenvalue weighted by Crippen LogP contribution is 2.13. The summed E-state index contributed by atoms with van der Waals surface area (Å²) in [5, 5.41) is 7.10. The molecule has 2 atom stereocenters. The molecule has 0 aromatic heterocycles. The number of piperidine rings is 1. The number of nitrogens with one attached hydrogen (secondary N) is 2. The molecule has 2 N–H and O–H groups in total. The van der Waals surface area contributed by atoms with Gasteiger partial charge in [-0.05, 0) is 32.4 Å². The first-order valence-corrected chi connectivity index (χ1v) is 5.97. The summed E-state index contributed by atoms with van der Waals surface area (Å²) in [6, 6.07) is 1.14. The Balaban J connectivity index is 1.79. The van der Waals surface area contributed by atoms with E-state index in [0.29, 0.717) is 12.1 Å². The largest absolute Gasteiger partial charge is 0.379 e. The molecule has 2 aliphatic heterocycles. The number of hydrogen-bond acceptors (Lipinski definition) is 4. The van der Waals surface area contributed by atoms with Gasteiger partial charge >= 0.3 is 0 Å². The summed E-state index contributed by atoms with van der Waals surface area (Å²) in [6.45, 7) is 3.87. The molecule has 2 fully saturated rings. The maximum Gasteiger partial charge on any atom is 0.0958 e. The average molecular weight is 214 g/mol. The van der Waals surface area contributed by atoms with Gasteiger partial charge in [0, 0.05) is 25.8 Å². The van der Waals surface area contributed by atoms with E-state index in [2.05, 4.69) is 10.6 Å². The molecule has 4 nitrogen and oxygen atoms in total. The molecule has 2 saturated heterocycles. The van der Waals surface area contributed by atoms with Crippen LogP contribution in [0.25, 0.3) is 0 Å². The van der Waals surface area contributed by atoms with Gasteiger partial charge in [0.25, 0.3) is 0 Å². The Morgan fingerprint density at radius 2 is 2.07 bits per heavy atom. The topological polar surface area (TPSA) is 42.5 Å². The second-order valence-corrected chi connectivity index (χ2v) is 4.44. The van der Waals surface area contributed by atoms with E-state index in [1.165, 1.54) is 12.8 Å². The molecule has 0 aromatic carbocycles. The van der Waals surface area contributed by atoms with E-state index >= 15 is 0 Å². The van der Waals surface area contributed by atoms with Crippen molar-refractivity contribution in [3.05, 3.63) is 0 Å². The molecule has 88 valence electrons. The van der Waals surface area contributed by atoms with E-state index in [4.69, 9.17) is 9.47 Å². The standard InChI is InChI=1S/C11H22N2O2/c1-14-11-8-15-7-4-10(11)13-9-2-5-12-6-3-9/h9-13H,2-8H2,1H3/t10-,11+/m0/s1. The van der Waals surface area contributed by atoms with Crippen LogP contribution in [0, 0.1) is 0 Å². The van der Waals surface area contributed by atoms with E-state index in [1.54, 1.807) is 7.11 Å². The Kier molecular flexibility index (Phi) is 4.38. The van der Waals surface area contributed by atoms with Gasteiger partial charge in [0.1, 0.15) is 0 Å². The van der Waals surface area contributed by atoms with Crippen LogP contribution in [-0.4, -0.2) is 51.6 Å². The van der Waals surface area contributed by atoms with Gasteiger partial charge in [0.05, 0.1) is 12.7 Å². The summed E-state index contributed by atoms with van der Waals surface area (Å²) in [5.74, 6) is 0. The molecule has 0 aromatic rings. The van der Waals surface area contributed by atoms with Crippen molar-refractivity contribution in [1.82, 2.24) is 10.6 Å². The summed E-state index contributed by atoms with van der Waals surface area (Å²) in [5.41, 5.74) is 0. The van der Waals surface area contributed by atoms with Gasteiger partial charge in [0.2, 0.25) is 0 Å². The SMILES string of the molecule is CO[C@@H]1COCC[C@@H]1NC1CCNCC1. The zero-order chi connectivity index (χ0) is 10.5. The molecular weight excluding hydrogens is 192 g/mol. The first kappa shape index (κ1) is 11.3. The molecule has 2 aliphatic rings. The van der Waals surface area contributed by atoms with Crippen LogP contribution in [0.15, 0.2) is 0 Å². The highest BCUT2D eigenvalue weighted by atomic mass is 16.5. The highest BCUT2D eigenvalue weighted by Gasteiger charge is 2.27. The lowest BCUT2D eigenvalue weighted by molar-refractivity contribution is -0.0527. The molecule has 0 aliphatic carbocycles. The van der Waals surface area contributed by atoms with Crippen molar-refractivity contribution in [3.63, 3.8) is 0 Å². The molecule has 0 spiro atoms. The molecule has 0 amide bonds. The van der Waals surface area contributed by atoms with Crippen LogP contribution in [-0.2, 0) is 9.47 Å². The van der Waals surface area contributed by atoms with Crippen LogP contribution in [0.1, 0.15) is 19.3 Å². The lowest BCUT2D eigenvalue weighted by Crippen LogP contribution is -2.53. The Bertz CT molecular complexity index is 183. The molecule has 4 heteroatoms. The third-order valence-corrected chi connectivity index (χ3v) is 3.40. The minimum atomic E-state index is 0.230. The summed E-state index contributed by atoms with van der Waals surface area (Å²) in [6.07, 6.45) is 3.76. The Hall–Kier alpha value is -0.160. The van der Waals surface area contributed by atoms with Crippen molar-refractivity contribution in [3.8, 4) is 0 Å². The number of rotatable bonds is 3. The van der Waals surface area contributed by atoms with Crippen LogP contribution in [0.4, 0.5) is 0 Å². The zero-order valence-corrected chi connectivity index (χ0v) is 9.50. The van der Waals surface area contributed by atoms with E-state index in [-0.39, 0.29) is 6.10 Å². The van der Waals surface area contributed by atoms with Crippen LogP contribution < -0.4 is 10.6 Å². The summed E-state index contributed by atoms with van der Waals surface area (Å²) >= 11 is 0. The summed E-state index contributed by atoms with van der Waals surface area (Å²) in [7, 11) is 1.77. The maximum absolute atomic E-state index is 5.44. The monoisotopic (exact) mass is 214 g/mol. The lowest BCUT2D eigenvalue weighted by atomic mass is 10.0. The van der Waals surface area contributed by atoms with E-state index in [1.807, 2.05) is 0 Å². The van der Waals surface area contributed by atoms with Crippen molar-refractivity contribution in [2.24, 2.45) is 0 Å². The molecule has 15 heavy (non-hydrogen) atoms. The minimum Gasteiger partial charge on any atom is -0.379 e. The average Bonchev–Trinajstić information content (AvgIpc) is 2.31. The van der Waals surface area contributed by atoms with Gasteiger partial charge in [-0.1, -0.05) is 0 Å². The van der Waals surface area contributed by atoms with E-state index in [0.717, 1.165) is 32.7 Å². The Morgan fingerprint density at radius 3 is 2.80 bits per heavy atom. The number of ether oxygens (including phenoxy) is 2. The number of hydrogen-bond donors (Lipinski definition) is 2. The van der Waals surface area contributed by atoms with E-state index < -0.39 is 0 Å². The molecule has 0 unspecified atom stereocenters. The van der Waals surface area contributed by atoms with Crippen LogP contribution in [0.2, 0.25) is 0 Å². The number of methoxy groups -OCH3 is 1. The molecule has 2 heterocycles. The molecule has 0 saturated carbocycles. The van der Waals surface area contributed by atoms with Gasteiger partial charge in [-0.15, -0.1) is 0 Å². The van der Waals surface area contributed by atoms with Gasteiger partial charge in [-0.3, -0.25) is 0 Å². The van der Waals surface area contributed by atoms with Crippen LogP contribution >= 0.6 is 0 Å². The first-order valence-electron chi connectivity index (χ1n) is 5.97. The fourth-order valence-electron chi connectivity index (χ4n) is 2.43. The Morgan fingerprint density at radius 1 is 1.27 bits per heavy atom. The van der Waals surface area contributed by atoms with Gasteiger partial charge < -0.3 is 20.1 Å². The molecule has 0 radical (unpaired) electrons. The van der Waals surface area contributed by atoms with Crippen molar-refractivity contribution in [1.29, 1.82) is 0 Å². The second-order valence-electron chi connectivity index (χ2n) is 4.44. The highest BCUT2D eigenvalue weighted by molar-refractivity contribution is 4.85. The van der Waals surface area contributed by atoms with Crippen LogP contribution in [0.3, 0.4) is 0 Å². The molecule has 2 rings (SSSR count). The second kappa shape index (κ2) is 5.80. The fraction of sp³-hybridized carbons (Fsp3) is 1.00. The van der Waals surface area contributed by atoms with Gasteiger partial charge in [-0.25, -0.2) is 0 Å². The predicted molar refractivity (Wildman–Crippen MR) is 59.0 cm³/mol. The lowest BCUT2D eigenvalue weighted by Gasteiger charge is -2.35. The fourth-order valence-corrected chi connectivity index (χ4v) is 2.43. The van der Waals surface area contributed by atoms with Gasteiger partial charge in [-0.2, -0.15) is 0 Å². The quantitative estimate of drug-likeness (QED) is 0.701. The third-order valence-electron chi connectivity index (χ3n) is 3.40. The van der Waals surface area contributed by atoms with Crippen molar-refractivity contribution in [2.45, 2.75) is 37.5 Å². The van der Waals surface area contributed by atoms with Crippen molar-refractivity contribution in [2.75, 3.05) is 33.4 Å². The normalized spacial score (nSPS) is 34.2. The summed E-state index contributed by atoms with van der Waals surface area (Å²) in [4.78, 5) is 0. The maximum atomic E-state index is 5.44. The Labute approximate surface area is 91.7 Å². The van der Waals surface area contributed by atoms with Crippen molar-refractivity contribution < 1.29 is 9.47 Å². The zero-order valence-electron chi connectivity index (χ0n) is 9.50. The first-order chi connectivity index (χ1) is 7.40. The molecular formula is C11H22N2O2. The smallest absolute Gasteiger partial charge is 0.0958 e. The predicted octanol–water partition coefficient (Wildman–Crippen LogP) is 0.132. The van der Waals surface area contributed by atoms with Crippen molar-refractivity contribution >= 4 is 0 Å². The molecule has 0 bridgehead atoms. The third kappa shape index (κ3) is 3.14.